The molecule has 2 bridgehead atoms. The number of methoxy groups -OCH3 is 1. The predicted molar refractivity (Wildman–Crippen MR) is 154 cm³/mol. The Labute approximate surface area is 256 Å². The maximum Gasteiger partial charge on any atom is 0.353 e. The molecule has 5 atom stereocenters. The summed E-state index contributed by atoms with van der Waals surface area (Å²) in [5.74, 6) is -2.05. The van der Waals surface area contributed by atoms with Crippen molar-refractivity contribution >= 4 is 23.9 Å². The summed E-state index contributed by atoms with van der Waals surface area (Å²) in [7, 11) is 3.54. The topological polar surface area (TPSA) is 147 Å². The predicted octanol–water partition coefficient (Wildman–Crippen LogP) is 2.50. The molecule has 0 amide bonds. The lowest BCUT2D eigenvalue weighted by atomic mass is 9.50. The minimum absolute atomic E-state index is 0.0629. The summed E-state index contributed by atoms with van der Waals surface area (Å²) in [4.78, 5) is 52.9. The molecule has 12 nitrogen and oxygen atoms in total. The van der Waals surface area contributed by atoms with Crippen molar-refractivity contribution in [2.75, 3.05) is 27.3 Å². The van der Waals surface area contributed by atoms with E-state index in [2.05, 4.69) is 4.90 Å². The van der Waals surface area contributed by atoms with E-state index >= 15 is 0 Å². The monoisotopic (exact) mass is 615 g/mol. The van der Waals surface area contributed by atoms with Crippen molar-refractivity contribution in [1.29, 1.82) is 0 Å². The van der Waals surface area contributed by atoms with Gasteiger partial charge in [0.2, 0.25) is 6.10 Å². The normalized spacial score (nSPS) is 27.2. The van der Waals surface area contributed by atoms with Crippen LogP contribution in [0.2, 0.25) is 0 Å². The van der Waals surface area contributed by atoms with Crippen LogP contribution in [-0.2, 0) is 50.0 Å². The van der Waals surface area contributed by atoms with E-state index in [9.17, 15) is 24.3 Å². The number of carbonyl (C=O) groups is 4. The van der Waals surface area contributed by atoms with Gasteiger partial charge in [-0.3, -0.25) is 14.4 Å². The quantitative estimate of drug-likeness (QED) is 0.305. The van der Waals surface area contributed by atoms with Gasteiger partial charge in [0.1, 0.15) is 11.4 Å². The van der Waals surface area contributed by atoms with E-state index in [1.165, 1.54) is 0 Å². The lowest BCUT2D eigenvalue weighted by molar-refractivity contribution is -0.178. The Morgan fingerprint density at radius 1 is 1.14 bits per heavy atom. The first-order valence-corrected chi connectivity index (χ1v) is 15.0. The smallest absolute Gasteiger partial charge is 0.353 e. The highest BCUT2D eigenvalue weighted by atomic mass is 16.6. The van der Waals surface area contributed by atoms with Gasteiger partial charge in [0, 0.05) is 18.0 Å². The van der Waals surface area contributed by atoms with E-state index in [0.29, 0.717) is 30.9 Å². The van der Waals surface area contributed by atoms with Crippen molar-refractivity contribution in [3.63, 3.8) is 0 Å². The number of piperidine rings is 1. The van der Waals surface area contributed by atoms with Gasteiger partial charge in [0.25, 0.3) is 0 Å². The van der Waals surface area contributed by atoms with Crippen LogP contribution in [0.5, 0.6) is 11.5 Å². The second-order valence-electron chi connectivity index (χ2n) is 12.8. The third kappa shape index (κ3) is 5.42. The Morgan fingerprint density at radius 3 is 2.55 bits per heavy atom. The molecule has 0 unspecified atom stereocenters. The molecule has 1 aromatic carbocycles. The van der Waals surface area contributed by atoms with E-state index in [1.807, 2.05) is 19.2 Å². The van der Waals surface area contributed by atoms with E-state index in [-0.39, 0.29) is 37.7 Å². The number of likely N-dealkylation sites (N-methyl/N-ethyl adjacent to an activating group) is 1. The van der Waals surface area contributed by atoms with Crippen LogP contribution in [0, 0.1) is 0 Å². The van der Waals surface area contributed by atoms with Gasteiger partial charge in [-0.15, -0.1) is 0 Å². The summed E-state index contributed by atoms with van der Waals surface area (Å²) in [6, 6.07) is 3.64. The Hall–Kier alpha value is -3.64. The Balaban J connectivity index is 1.39. The number of esters is 4. The van der Waals surface area contributed by atoms with Gasteiger partial charge < -0.3 is 38.4 Å². The lowest BCUT2D eigenvalue weighted by Gasteiger charge is -2.61. The number of carbonyl (C=O) groups excluding carboxylic acids is 4. The lowest BCUT2D eigenvalue weighted by Crippen LogP contribution is -2.74. The first-order chi connectivity index (χ1) is 20.7. The van der Waals surface area contributed by atoms with Crippen LogP contribution in [0.25, 0.3) is 0 Å². The van der Waals surface area contributed by atoms with Crippen LogP contribution < -0.4 is 9.47 Å². The molecule has 44 heavy (non-hydrogen) atoms. The maximum absolute atomic E-state index is 13.6. The molecule has 2 aliphatic carbocycles. The molecule has 1 fully saturated rings. The highest BCUT2D eigenvalue weighted by Gasteiger charge is 2.72. The molecular formula is C32H41NO11. The zero-order valence-corrected chi connectivity index (χ0v) is 26.1. The van der Waals surface area contributed by atoms with E-state index in [4.69, 9.17) is 28.4 Å². The number of rotatable bonds is 10. The van der Waals surface area contributed by atoms with Gasteiger partial charge in [0.05, 0.1) is 44.0 Å². The largest absolute Gasteiger partial charge is 0.493 e. The fourth-order valence-corrected chi connectivity index (χ4v) is 7.13. The second-order valence-corrected chi connectivity index (χ2v) is 12.8. The van der Waals surface area contributed by atoms with Gasteiger partial charge in [-0.1, -0.05) is 6.07 Å². The van der Waals surface area contributed by atoms with Gasteiger partial charge in [-0.2, -0.15) is 0 Å². The van der Waals surface area contributed by atoms with Crippen LogP contribution in [0.3, 0.4) is 0 Å². The van der Waals surface area contributed by atoms with Gasteiger partial charge in [-0.05, 0) is 71.8 Å². The molecule has 1 saturated heterocycles. The van der Waals surface area contributed by atoms with Crippen molar-refractivity contribution in [2.45, 2.75) is 101 Å². The number of benzene rings is 1. The van der Waals surface area contributed by atoms with E-state index < -0.39 is 59.1 Å². The number of hydrogen-bond donors (Lipinski definition) is 1. The van der Waals surface area contributed by atoms with Crippen molar-refractivity contribution in [3.8, 4) is 11.5 Å². The average molecular weight is 616 g/mol. The first kappa shape index (κ1) is 31.8. The third-order valence-electron chi connectivity index (χ3n) is 8.92. The molecule has 4 aliphatic rings. The Bertz CT molecular complexity index is 1380. The molecule has 2 aliphatic heterocycles. The fraction of sp³-hybridized carbons (Fsp3) is 0.625. The Kier molecular flexibility index (Phi) is 8.45. The average Bonchev–Trinajstić information content (AvgIpc) is 3.30. The minimum Gasteiger partial charge on any atom is -0.493 e. The highest BCUT2D eigenvalue weighted by molar-refractivity contribution is 5.86. The van der Waals surface area contributed by atoms with Crippen LogP contribution in [-0.4, -0.2) is 90.6 Å². The van der Waals surface area contributed by atoms with Crippen molar-refractivity contribution in [2.24, 2.45) is 0 Å². The van der Waals surface area contributed by atoms with Crippen LogP contribution in [0.1, 0.15) is 70.9 Å². The zero-order chi connectivity index (χ0) is 32.0. The zero-order valence-electron chi connectivity index (χ0n) is 26.1. The molecule has 0 radical (unpaired) electrons. The van der Waals surface area contributed by atoms with E-state index in [0.717, 1.165) is 11.1 Å². The van der Waals surface area contributed by atoms with Crippen molar-refractivity contribution in [1.82, 2.24) is 4.90 Å². The third-order valence-corrected chi connectivity index (χ3v) is 8.92. The molecule has 0 aromatic heterocycles. The van der Waals surface area contributed by atoms with Gasteiger partial charge in [-0.25, -0.2) is 4.79 Å². The summed E-state index contributed by atoms with van der Waals surface area (Å²) >= 11 is 0. The minimum atomic E-state index is -1.63. The van der Waals surface area contributed by atoms with E-state index in [1.54, 1.807) is 40.9 Å². The molecule has 0 saturated carbocycles. The summed E-state index contributed by atoms with van der Waals surface area (Å²) in [6.45, 7) is 7.48. The second kappa shape index (κ2) is 11.7. The van der Waals surface area contributed by atoms with Gasteiger partial charge >= 0.3 is 23.9 Å². The summed E-state index contributed by atoms with van der Waals surface area (Å²) in [5.41, 5.74) is -0.936. The Morgan fingerprint density at radius 2 is 1.86 bits per heavy atom. The molecular weight excluding hydrogens is 574 g/mol. The molecule has 1 aromatic rings. The maximum atomic E-state index is 13.6. The summed E-state index contributed by atoms with van der Waals surface area (Å²) in [5, 5.41) is 12.4. The SMILES string of the molecule is CCOC(=O)C[C@H](OC(=O)CCC(=O)OC(C)(C)C)C(=O)OC1=CC[C@@]2(O)[C@@H]3Cc4ccc(OC)c5c4[C@@]2(CCN3C)[C@H]1O5. The molecule has 12 heteroatoms. The molecule has 1 spiro atoms. The fourth-order valence-electron chi connectivity index (χ4n) is 7.13. The summed E-state index contributed by atoms with van der Waals surface area (Å²) in [6.07, 6.45) is -0.709. The van der Waals surface area contributed by atoms with Crippen molar-refractivity contribution < 1.29 is 52.7 Å². The molecule has 2 heterocycles. The first-order valence-electron chi connectivity index (χ1n) is 15.0. The number of aliphatic hydroxyl groups is 1. The van der Waals surface area contributed by atoms with Crippen LogP contribution in [0.4, 0.5) is 0 Å². The standard InChI is InChI=1S/C32H41NO11/c1-7-40-25(36)17-21(41-23(34)10-11-24(35)44-30(2,3)4)29(37)42-20-12-13-32(38)22-16-18-8-9-19(39-6)27-26(18)31(32,28(20)43-27)14-15-33(22)5/h8-9,12,21-22,28,38H,7,10-11,13-17H2,1-6H3/t21-,22-,28-,31-,32+/m0/s1. The number of hydrogen-bond acceptors (Lipinski definition) is 12. The van der Waals surface area contributed by atoms with Gasteiger partial charge in [0.15, 0.2) is 17.6 Å². The van der Waals surface area contributed by atoms with Crippen molar-refractivity contribution in [3.05, 3.63) is 35.1 Å². The molecule has 240 valence electrons. The number of ether oxygens (including phenoxy) is 6. The summed E-state index contributed by atoms with van der Waals surface area (Å²) < 4.78 is 33.6. The number of nitrogens with zero attached hydrogens (tertiary/aromatic N) is 1. The van der Waals surface area contributed by atoms with Crippen LogP contribution >= 0.6 is 0 Å². The van der Waals surface area contributed by atoms with Crippen LogP contribution in [0.15, 0.2) is 24.0 Å². The number of likely N-dealkylation sites (tertiary alicyclic amines) is 1. The highest BCUT2D eigenvalue weighted by Crippen LogP contribution is 2.65. The molecule has 5 rings (SSSR count). The molecule has 1 N–H and O–H groups in total.